The van der Waals surface area contributed by atoms with Crippen LogP contribution in [0.3, 0.4) is 0 Å². The van der Waals surface area contributed by atoms with Crippen molar-refractivity contribution in [1.82, 2.24) is 5.32 Å². The smallest absolute Gasteiger partial charge is 0.0661 e. The van der Waals surface area contributed by atoms with E-state index in [9.17, 15) is 0 Å². The van der Waals surface area contributed by atoms with Gasteiger partial charge in [-0.15, -0.1) is 11.8 Å². The highest BCUT2D eigenvalue weighted by atomic mass is 32.2. The van der Waals surface area contributed by atoms with Crippen molar-refractivity contribution in [3.05, 3.63) is 29.3 Å². The average Bonchev–Trinajstić information content (AvgIpc) is 2.57. The van der Waals surface area contributed by atoms with Crippen molar-refractivity contribution in [2.75, 3.05) is 26.0 Å². The normalized spacial score (nSPS) is 21.8. The molecule has 0 saturated carbocycles. The van der Waals surface area contributed by atoms with Gasteiger partial charge in [0.05, 0.1) is 12.6 Å². The maximum atomic E-state index is 5.61. The van der Waals surface area contributed by atoms with Gasteiger partial charge >= 0.3 is 0 Å². The fraction of sp³-hybridized carbons (Fsp3) is 0.538. The van der Waals surface area contributed by atoms with Gasteiger partial charge in [-0.2, -0.15) is 0 Å². The minimum absolute atomic E-state index is 0.360. The number of thioether (sulfide) groups is 1. The quantitative estimate of drug-likeness (QED) is 0.799. The molecular formula is C13H19NOS. The highest BCUT2D eigenvalue weighted by Gasteiger charge is 2.15. The van der Waals surface area contributed by atoms with E-state index < -0.39 is 0 Å². The SMILES string of the molecule is CSc1ccc(C2COCCCN2)c(C)c1. The fourth-order valence-electron chi connectivity index (χ4n) is 2.08. The van der Waals surface area contributed by atoms with Gasteiger partial charge in [0.15, 0.2) is 0 Å². The van der Waals surface area contributed by atoms with E-state index >= 15 is 0 Å². The summed E-state index contributed by atoms with van der Waals surface area (Å²) in [5.74, 6) is 0. The largest absolute Gasteiger partial charge is 0.379 e. The second-order valence-corrected chi connectivity index (χ2v) is 5.04. The van der Waals surface area contributed by atoms with Gasteiger partial charge in [0, 0.05) is 11.5 Å². The van der Waals surface area contributed by atoms with Crippen LogP contribution in [0.1, 0.15) is 23.6 Å². The fourth-order valence-corrected chi connectivity index (χ4v) is 2.58. The first-order chi connectivity index (χ1) is 7.81. The van der Waals surface area contributed by atoms with Gasteiger partial charge in [-0.3, -0.25) is 0 Å². The van der Waals surface area contributed by atoms with Crippen molar-refractivity contribution in [2.24, 2.45) is 0 Å². The molecule has 0 aromatic heterocycles. The molecule has 88 valence electrons. The van der Waals surface area contributed by atoms with Crippen molar-refractivity contribution in [3.63, 3.8) is 0 Å². The Kier molecular flexibility index (Phi) is 4.27. The number of rotatable bonds is 2. The molecule has 16 heavy (non-hydrogen) atoms. The Hall–Kier alpha value is -0.510. The zero-order valence-corrected chi connectivity index (χ0v) is 10.8. The molecule has 1 aliphatic rings. The lowest BCUT2D eigenvalue weighted by atomic mass is 10.0. The Balaban J connectivity index is 2.18. The van der Waals surface area contributed by atoms with E-state index in [1.165, 1.54) is 16.0 Å². The van der Waals surface area contributed by atoms with E-state index in [0.29, 0.717) is 6.04 Å². The molecule has 1 aliphatic heterocycles. The maximum Gasteiger partial charge on any atom is 0.0661 e. The Bertz CT molecular complexity index is 346. The molecule has 1 atom stereocenters. The van der Waals surface area contributed by atoms with Crippen molar-refractivity contribution < 1.29 is 4.74 Å². The van der Waals surface area contributed by atoms with Crippen LogP contribution in [-0.4, -0.2) is 26.0 Å². The van der Waals surface area contributed by atoms with E-state index in [-0.39, 0.29) is 0 Å². The summed E-state index contributed by atoms with van der Waals surface area (Å²) >= 11 is 1.79. The molecule has 0 spiro atoms. The van der Waals surface area contributed by atoms with Crippen LogP contribution in [0.5, 0.6) is 0 Å². The van der Waals surface area contributed by atoms with Crippen LogP contribution in [0.2, 0.25) is 0 Å². The highest BCUT2D eigenvalue weighted by molar-refractivity contribution is 7.98. The monoisotopic (exact) mass is 237 g/mol. The summed E-state index contributed by atoms with van der Waals surface area (Å²) in [6, 6.07) is 7.04. The zero-order valence-electron chi connectivity index (χ0n) is 9.95. The molecule has 1 saturated heterocycles. The van der Waals surface area contributed by atoms with E-state index in [4.69, 9.17) is 4.74 Å². The van der Waals surface area contributed by atoms with Crippen LogP contribution in [0.4, 0.5) is 0 Å². The number of hydrogen-bond acceptors (Lipinski definition) is 3. The molecule has 1 heterocycles. The summed E-state index contributed by atoms with van der Waals surface area (Å²) in [5, 5.41) is 3.54. The van der Waals surface area contributed by atoms with Gasteiger partial charge in [-0.25, -0.2) is 0 Å². The first kappa shape index (κ1) is 12.0. The standard InChI is InChI=1S/C13H19NOS/c1-10-8-11(16-2)4-5-12(10)13-9-15-7-3-6-14-13/h4-5,8,13-14H,3,6-7,9H2,1-2H3. The molecule has 1 N–H and O–H groups in total. The predicted octanol–water partition coefficient (Wildman–Crippen LogP) is 2.77. The lowest BCUT2D eigenvalue weighted by molar-refractivity contribution is 0.131. The van der Waals surface area contributed by atoms with Gasteiger partial charge in [0.1, 0.15) is 0 Å². The van der Waals surface area contributed by atoms with E-state index in [1.807, 2.05) is 0 Å². The van der Waals surface area contributed by atoms with Crippen LogP contribution in [0.15, 0.2) is 23.1 Å². The number of hydrogen-bond donors (Lipinski definition) is 1. The second kappa shape index (κ2) is 5.71. The molecule has 0 radical (unpaired) electrons. The highest BCUT2D eigenvalue weighted by Crippen LogP contribution is 2.24. The van der Waals surface area contributed by atoms with Gasteiger partial charge in [-0.05, 0) is 49.4 Å². The summed E-state index contributed by atoms with van der Waals surface area (Å²) in [6.07, 6.45) is 3.22. The third-order valence-electron chi connectivity index (χ3n) is 2.99. The van der Waals surface area contributed by atoms with E-state index in [2.05, 4.69) is 36.7 Å². The average molecular weight is 237 g/mol. The molecule has 1 aromatic rings. The lowest BCUT2D eigenvalue weighted by Crippen LogP contribution is -2.24. The molecule has 2 nitrogen and oxygen atoms in total. The van der Waals surface area contributed by atoms with Crippen LogP contribution in [-0.2, 0) is 4.74 Å². The van der Waals surface area contributed by atoms with Crippen LogP contribution in [0.25, 0.3) is 0 Å². The third kappa shape index (κ3) is 2.78. The van der Waals surface area contributed by atoms with Crippen molar-refractivity contribution >= 4 is 11.8 Å². The first-order valence-electron chi connectivity index (χ1n) is 5.77. The minimum atomic E-state index is 0.360. The van der Waals surface area contributed by atoms with E-state index in [1.54, 1.807) is 11.8 Å². The Morgan fingerprint density at radius 1 is 1.44 bits per heavy atom. The molecule has 0 bridgehead atoms. The first-order valence-corrected chi connectivity index (χ1v) is 6.99. The van der Waals surface area contributed by atoms with Crippen LogP contribution >= 0.6 is 11.8 Å². The Morgan fingerprint density at radius 2 is 2.31 bits per heavy atom. The Morgan fingerprint density at radius 3 is 3.06 bits per heavy atom. The summed E-state index contributed by atoms with van der Waals surface area (Å²) in [6.45, 7) is 4.90. The minimum Gasteiger partial charge on any atom is -0.379 e. The third-order valence-corrected chi connectivity index (χ3v) is 3.72. The number of ether oxygens (including phenoxy) is 1. The van der Waals surface area contributed by atoms with Gasteiger partial charge < -0.3 is 10.1 Å². The topological polar surface area (TPSA) is 21.3 Å². The summed E-state index contributed by atoms with van der Waals surface area (Å²) in [4.78, 5) is 1.33. The van der Waals surface area contributed by atoms with Gasteiger partial charge in [0.2, 0.25) is 0 Å². The molecule has 1 fully saturated rings. The molecular weight excluding hydrogens is 218 g/mol. The zero-order chi connectivity index (χ0) is 11.4. The molecule has 1 unspecified atom stereocenters. The molecule has 0 amide bonds. The molecule has 1 aromatic carbocycles. The molecule has 3 heteroatoms. The summed E-state index contributed by atoms with van der Waals surface area (Å²) in [7, 11) is 0. The second-order valence-electron chi connectivity index (χ2n) is 4.16. The van der Waals surface area contributed by atoms with Crippen molar-refractivity contribution in [1.29, 1.82) is 0 Å². The Labute approximate surface area is 102 Å². The number of benzene rings is 1. The summed E-state index contributed by atoms with van der Waals surface area (Å²) in [5.41, 5.74) is 2.73. The van der Waals surface area contributed by atoms with Crippen LogP contribution in [0, 0.1) is 6.92 Å². The van der Waals surface area contributed by atoms with Gasteiger partial charge in [0.25, 0.3) is 0 Å². The number of nitrogens with one attached hydrogen (secondary N) is 1. The van der Waals surface area contributed by atoms with Crippen molar-refractivity contribution in [2.45, 2.75) is 24.3 Å². The molecule has 2 rings (SSSR count). The predicted molar refractivity (Wildman–Crippen MR) is 69.1 cm³/mol. The van der Waals surface area contributed by atoms with Crippen LogP contribution < -0.4 is 5.32 Å². The lowest BCUT2D eigenvalue weighted by Gasteiger charge is -2.18. The number of aryl methyl sites for hydroxylation is 1. The van der Waals surface area contributed by atoms with Gasteiger partial charge in [-0.1, -0.05) is 6.07 Å². The molecule has 0 aliphatic carbocycles. The van der Waals surface area contributed by atoms with E-state index in [0.717, 1.165) is 26.2 Å². The summed E-state index contributed by atoms with van der Waals surface area (Å²) < 4.78 is 5.61. The van der Waals surface area contributed by atoms with Crippen molar-refractivity contribution in [3.8, 4) is 0 Å². The maximum absolute atomic E-state index is 5.61.